The zero-order valence-corrected chi connectivity index (χ0v) is 8.64. The Hall–Kier alpha value is 0.0700. The van der Waals surface area contributed by atoms with Crippen LogP contribution in [0.15, 0.2) is 0 Å². The molecule has 11 heavy (non-hydrogen) atoms. The summed E-state index contributed by atoms with van der Waals surface area (Å²) in [6, 6.07) is 0. The van der Waals surface area contributed by atoms with E-state index in [0.29, 0.717) is 0 Å². The van der Waals surface area contributed by atoms with Crippen molar-refractivity contribution in [3.63, 3.8) is 0 Å². The van der Waals surface area contributed by atoms with Crippen LogP contribution in [-0.2, 0) is 4.57 Å². The van der Waals surface area contributed by atoms with E-state index in [9.17, 15) is 4.57 Å². The molecule has 0 fully saturated rings. The molecule has 0 heterocycles. The zero-order chi connectivity index (χ0) is 9.91. The normalized spacial score (nSPS) is 8.64. The van der Waals surface area contributed by atoms with Crippen molar-refractivity contribution >= 4 is 7.60 Å². The molecule has 0 aromatic carbocycles. The van der Waals surface area contributed by atoms with Gasteiger partial charge in [-0.2, -0.15) is 0 Å². The van der Waals surface area contributed by atoms with E-state index in [1.807, 2.05) is 28.2 Å². The zero-order valence-electron chi connectivity index (χ0n) is 7.75. The SMILES string of the molecule is CNC.CNC.CP(=O)(O)O. The summed E-state index contributed by atoms with van der Waals surface area (Å²) in [7, 11) is 3.86. The minimum Gasteiger partial charge on any atom is -0.325 e. The van der Waals surface area contributed by atoms with Gasteiger partial charge in [-0.1, -0.05) is 0 Å². The van der Waals surface area contributed by atoms with Crippen LogP contribution in [0.1, 0.15) is 0 Å². The Morgan fingerprint density at radius 1 is 1.00 bits per heavy atom. The Labute approximate surface area is 68.4 Å². The molecule has 4 N–H and O–H groups in total. The molecular formula is C5H19N2O3P. The molecule has 0 amide bonds. The van der Waals surface area contributed by atoms with Crippen LogP contribution < -0.4 is 10.6 Å². The Balaban J connectivity index is -0.0000000933. The van der Waals surface area contributed by atoms with Crippen LogP contribution in [0, 0.1) is 0 Å². The van der Waals surface area contributed by atoms with Crippen molar-refractivity contribution in [2.45, 2.75) is 0 Å². The second-order valence-electron chi connectivity index (χ2n) is 1.84. The summed E-state index contributed by atoms with van der Waals surface area (Å²) in [5.74, 6) is 0. The monoisotopic (exact) mass is 186 g/mol. The van der Waals surface area contributed by atoms with E-state index in [1.165, 1.54) is 0 Å². The fourth-order valence-electron chi connectivity index (χ4n) is 0. The van der Waals surface area contributed by atoms with E-state index in [4.69, 9.17) is 9.79 Å². The molecule has 0 aliphatic carbocycles. The summed E-state index contributed by atoms with van der Waals surface area (Å²) in [5.41, 5.74) is 0. The van der Waals surface area contributed by atoms with E-state index >= 15 is 0 Å². The average Bonchev–Trinajstić information content (AvgIpc) is 1.62. The summed E-state index contributed by atoms with van der Waals surface area (Å²) in [5, 5.41) is 5.50. The third kappa shape index (κ3) is 134000. The fourth-order valence-corrected chi connectivity index (χ4v) is 0. The van der Waals surface area contributed by atoms with Crippen molar-refractivity contribution in [2.75, 3.05) is 34.9 Å². The highest BCUT2D eigenvalue weighted by atomic mass is 31.2. The van der Waals surface area contributed by atoms with Crippen LogP contribution >= 0.6 is 7.60 Å². The molecule has 0 saturated heterocycles. The predicted octanol–water partition coefficient (Wildman–Crippen LogP) is -0.535. The Morgan fingerprint density at radius 3 is 1.00 bits per heavy atom. The van der Waals surface area contributed by atoms with Gasteiger partial charge in [-0.25, -0.2) is 0 Å². The Kier molecular flexibility index (Phi) is 19.9. The lowest BCUT2D eigenvalue weighted by Crippen LogP contribution is -1.89. The van der Waals surface area contributed by atoms with Crippen molar-refractivity contribution in [1.82, 2.24) is 10.6 Å². The molecule has 0 aliphatic heterocycles. The van der Waals surface area contributed by atoms with Crippen LogP contribution in [0.2, 0.25) is 0 Å². The maximum atomic E-state index is 9.33. The Bertz CT molecular complexity index is 83.5. The maximum Gasteiger partial charge on any atom is 0.322 e. The van der Waals surface area contributed by atoms with Gasteiger partial charge in [0.1, 0.15) is 0 Å². The van der Waals surface area contributed by atoms with Gasteiger partial charge in [-0.05, 0) is 28.2 Å². The standard InChI is InChI=1S/2C2H7N.CH5O3P/c2*1-3-2;1-5(2,3)4/h2*3H,1-2H3;1H3,(H2,2,3,4). The van der Waals surface area contributed by atoms with Gasteiger partial charge in [0.25, 0.3) is 0 Å². The summed E-state index contributed by atoms with van der Waals surface area (Å²) < 4.78 is 9.33. The highest BCUT2D eigenvalue weighted by molar-refractivity contribution is 7.50. The van der Waals surface area contributed by atoms with E-state index in [2.05, 4.69) is 10.6 Å². The first-order chi connectivity index (χ1) is 4.83. The Morgan fingerprint density at radius 2 is 1.00 bits per heavy atom. The van der Waals surface area contributed by atoms with Crippen LogP contribution in [0.25, 0.3) is 0 Å². The average molecular weight is 186 g/mol. The summed E-state index contributed by atoms with van der Waals surface area (Å²) in [6.45, 7) is 0.854. The van der Waals surface area contributed by atoms with Gasteiger partial charge in [-0.15, -0.1) is 0 Å². The molecule has 0 unspecified atom stereocenters. The molecule has 72 valence electrons. The highest BCUT2D eigenvalue weighted by Gasteiger charge is 1.95. The van der Waals surface area contributed by atoms with Crippen molar-refractivity contribution in [3.05, 3.63) is 0 Å². The molecule has 0 bridgehead atoms. The lowest BCUT2D eigenvalue weighted by Gasteiger charge is -1.84. The van der Waals surface area contributed by atoms with Crippen molar-refractivity contribution < 1.29 is 14.4 Å². The quantitative estimate of drug-likeness (QED) is 0.382. The molecular weight excluding hydrogens is 167 g/mol. The molecule has 0 rings (SSSR count). The molecule has 0 aliphatic rings. The highest BCUT2D eigenvalue weighted by Crippen LogP contribution is 2.26. The van der Waals surface area contributed by atoms with Crippen LogP contribution in [-0.4, -0.2) is 44.6 Å². The van der Waals surface area contributed by atoms with Gasteiger partial charge < -0.3 is 20.4 Å². The first-order valence-corrected chi connectivity index (χ1v) is 5.09. The molecule has 0 spiro atoms. The van der Waals surface area contributed by atoms with Crippen molar-refractivity contribution in [2.24, 2.45) is 0 Å². The van der Waals surface area contributed by atoms with Gasteiger partial charge >= 0.3 is 7.60 Å². The minimum atomic E-state index is -3.64. The molecule has 0 radical (unpaired) electrons. The summed E-state index contributed by atoms with van der Waals surface area (Å²) in [4.78, 5) is 15.3. The van der Waals surface area contributed by atoms with Crippen LogP contribution in [0.3, 0.4) is 0 Å². The molecule has 0 aromatic rings. The maximum absolute atomic E-state index is 9.33. The second-order valence-corrected chi connectivity index (χ2v) is 3.51. The lowest BCUT2D eigenvalue weighted by molar-refractivity contribution is 0.381. The number of hydrogen-bond acceptors (Lipinski definition) is 3. The summed E-state index contributed by atoms with van der Waals surface area (Å²) >= 11 is 0. The third-order valence-electron chi connectivity index (χ3n) is 0. The number of rotatable bonds is 0. The van der Waals surface area contributed by atoms with Crippen molar-refractivity contribution in [3.8, 4) is 0 Å². The molecule has 0 saturated carbocycles. The first kappa shape index (κ1) is 17.2. The first-order valence-electron chi connectivity index (χ1n) is 3.03. The second kappa shape index (κ2) is 12.7. The topological polar surface area (TPSA) is 81.6 Å². The van der Waals surface area contributed by atoms with Crippen molar-refractivity contribution in [1.29, 1.82) is 0 Å². The molecule has 6 heteroatoms. The molecule has 0 aromatic heterocycles. The van der Waals surface area contributed by atoms with Gasteiger partial charge in [0.15, 0.2) is 0 Å². The van der Waals surface area contributed by atoms with E-state index in [-0.39, 0.29) is 0 Å². The van der Waals surface area contributed by atoms with Crippen LogP contribution in [0.4, 0.5) is 0 Å². The number of hydrogen-bond donors (Lipinski definition) is 4. The number of nitrogens with one attached hydrogen (secondary N) is 2. The smallest absolute Gasteiger partial charge is 0.322 e. The van der Waals surface area contributed by atoms with Gasteiger partial charge in [-0.3, -0.25) is 4.57 Å². The van der Waals surface area contributed by atoms with E-state index in [0.717, 1.165) is 6.66 Å². The van der Waals surface area contributed by atoms with Crippen LogP contribution in [0.5, 0.6) is 0 Å². The predicted molar refractivity (Wildman–Crippen MR) is 47.9 cm³/mol. The summed E-state index contributed by atoms with van der Waals surface area (Å²) in [6.07, 6.45) is 0. The van der Waals surface area contributed by atoms with Gasteiger partial charge in [0.2, 0.25) is 0 Å². The van der Waals surface area contributed by atoms with E-state index in [1.54, 1.807) is 0 Å². The van der Waals surface area contributed by atoms with Gasteiger partial charge in [0, 0.05) is 6.66 Å². The molecule has 0 atom stereocenters. The van der Waals surface area contributed by atoms with Gasteiger partial charge in [0.05, 0.1) is 0 Å². The van der Waals surface area contributed by atoms with E-state index < -0.39 is 7.60 Å². The largest absolute Gasteiger partial charge is 0.325 e. The third-order valence-corrected chi connectivity index (χ3v) is 0. The lowest BCUT2D eigenvalue weighted by atomic mass is 11.3. The fraction of sp³-hybridized carbons (Fsp3) is 1.00. The minimum absolute atomic E-state index is 0.854. The molecule has 5 nitrogen and oxygen atoms in total.